The van der Waals surface area contributed by atoms with E-state index in [9.17, 15) is 0 Å². The van der Waals surface area contributed by atoms with E-state index in [1.54, 1.807) is 6.20 Å². The number of hydrogen-bond acceptors (Lipinski definition) is 3. The van der Waals surface area contributed by atoms with Crippen LogP contribution in [0.15, 0.2) is 24.4 Å². The van der Waals surface area contributed by atoms with Gasteiger partial charge in [0.1, 0.15) is 5.82 Å². The lowest BCUT2D eigenvalue weighted by Gasteiger charge is -2.08. The number of anilines is 1. The highest BCUT2D eigenvalue weighted by molar-refractivity contribution is 5.79. The summed E-state index contributed by atoms with van der Waals surface area (Å²) in [6.45, 7) is 4.28. The first-order valence-corrected chi connectivity index (χ1v) is 4.69. The highest BCUT2D eigenvalue weighted by Gasteiger charge is 2.06. The Morgan fingerprint density at radius 3 is 2.79 bits per heavy atom. The molecule has 0 saturated heterocycles. The molecule has 14 heavy (non-hydrogen) atoms. The molecule has 3 nitrogen and oxygen atoms in total. The fourth-order valence-corrected chi connectivity index (χ4v) is 1.53. The van der Waals surface area contributed by atoms with Crippen molar-refractivity contribution >= 4 is 16.9 Å². The first-order valence-electron chi connectivity index (χ1n) is 4.69. The minimum absolute atomic E-state index is 0.440. The average Bonchev–Trinajstić information content (AvgIpc) is 2.16. The number of para-hydroxylation sites is 1. The molecule has 0 aliphatic rings. The van der Waals surface area contributed by atoms with Gasteiger partial charge >= 0.3 is 0 Å². The summed E-state index contributed by atoms with van der Waals surface area (Å²) in [5.41, 5.74) is 8.64. The number of hydrogen-bond donors (Lipinski definition) is 1. The van der Waals surface area contributed by atoms with E-state index < -0.39 is 0 Å². The van der Waals surface area contributed by atoms with E-state index in [2.05, 4.69) is 29.9 Å². The summed E-state index contributed by atoms with van der Waals surface area (Å²) in [5.74, 6) is 0.917. The molecule has 0 unspecified atom stereocenters. The second-order valence-corrected chi connectivity index (χ2v) is 3.66. The van der Waals surface area contributed by atoms with Crippen molar-refractivity contribution in [3.05, 3.63) is 30.0 Å². The highest BCUT2D eigenvalue weighted by atomic mass is 14.9. The summed E-state index contributed by atoms with van der Waals surface area (Å²) >= 11 is 0. The van der Waals surface area contributed by atoms with Gasteiger partial charge in [-0.25, -0.2) is 4.98 Å². The van der Waals surface area contributed by atoms with Gasteiger partial charge in [-0.1, -0.05) is 26.0 Å². The molecule has 0 radical (unpaired) electrons. The van der Waals surface area contributed by atoms with Crippen LogP contribution >= 0.6 is 0 Å². The van der Waals surface area contributed by atoms with E-state index in [0.29, 0.717) is 11.7 Å². The topological polar surface area (TPSA) is 51.8 Å². The molecule has 0 fully saturated rings. The zero-order chi connectivity index (χ0) is 10.1. The molecule has 3 heteroatoms. The minimum atomic E-state index is 0.440. The molecule has 0 aliphatic carbocycles. The molecule has 1 heterocycles. The Morgan fingerprint density at radius 2 is 2.07 bits per heavy atom. The summed E-state index contributed by atoms with van der Waals surface area (Å²) < 4.78 is 0. The Balaban J connectivity index is 2.77. The van der Waals surface area contributed by atoms with Crippen molar-refractivity contribution in [2.75, 3.05) is 5.73 Å². The standard InChI is InChI=1S/C11H13N3/c1-7(2)8-4-3-5-9-11(8)14-10(12)6-13-9/h3-7H,1-2H3,(H2,12,14). The lowest BCUT2D eigenvalue weighted by atomic mass is 10.0. The zero-order valence-electron chi connectivity index (χ0n) is 8.36. The monoisotopic (exact) mass is 187 g/mol. The Hall–Kier alpha value is -1.64. The van der Waals surface area contributed by atoms with Crippen LogP contribution in [0, 0.1) is 0 Å². The van der Waals surface area contributed by atoms with Crippen LogP contribution in [0.1, 0.15) is 25.3 Å². The third-order valence-electron chi connectivity index (χ3n) is 2.24. The van der Waals surface area contributed by atoms with Gasteiger partial charge in [-0.3, -0.25) is 4.98 Å². The summed E-state index contributed by atoms with van der Waals surface area (Å²) in [5, 5.41) is 0. The smallest absolute Gasteiger partial charge is 0.142 e. The number of nitrogens with zero attached hydrogens (tertiary/aromatic N) is 2. The van der Waals surface area contributed by atoms with Crippen LogP contribution in [-0.4, -0.2) is 9.97 Å². The van der Waals surface area contributed by atoms with Crippen molar-refractivity contribution < 1.29 is 0 Å². The van der Waals surface area contributed by atoms with Gasteiger partial charge in [0.25, 0.3) is 0 Å². The second-order valence-electron chi connectivity index (χ2n) is 3.66. The third-order valence-corrected chi connectivity index (χ3v) is 2.24. The molecule has 0 atom stereocenters. The van der Waals surface area contributed by atoms with Crippen molar-refractivity contribution in [2.24, 2.45) is 0 Å². The van der Waals surface area contributed by atoms with Gasteiger partial charge in [-0.05, 0) is 17.5 Å². The van der Waals surface area contributed by atoms with Crippen molar-refractivity contribution in [2.45, 2.75) is 19.8 Å². The first-order chi connectivity index (χ1) is 6.68. The van der Waals surface area contributed by atoms with Gasteiger partial charge in [0.2, 0.25) is 0 Å². The number of fused-ring (bicyclic) bond motifs is 1. The summed E-state index contributed by atoms with van der Waals surface area (Å²) in [6, 6.07) is 6.03. The number of aromatic nitrogens is 2. The van der Waals surface area contributed by atoms with Crippen molar-refractivity contribution in [3.8, 4) is 0 Å². The molecule has 1 aromatic carbocycles. The van der Waals surface area contributed by atoms with Gasteiger partial charge in [0.15, 0.2) is 0 Å². The average molecular weight is 187 g/mol. The molecular weight excluding hydrogens is 174 g/mol. The van der Waals surface area contributed by atoms with E-state index in [1.165, 1.54) is 5.56 Å². The highest BCUT2D eigenvalue weighted by Crippen LogP contribution is 2.22. The van der Waals surface area contributed by atoms with Gasteiger partial charge in [-0.15, -0.1) is 0 Å². The molecule has 0 amide bonds. The molecule has 0 bridgehead atoms. The lowest BCUT2D eigenvalue weighted by molar-refractivity contribution is 0.872. The second kappa shape index (κ2) is 3.25. The van der Waals surface area contributed by atoms with E-state index in [0.717, 1.165) is 11.0 Å². The van der Waals surface area contributed by atoms with E-state index in [1.807, 2.05) is 12.1 Å². The normalized spacial score (nSPS) is 11.1. The fraction of sp³-hybridized carbons (Fsp3) is 0.273. The number of benzene rings is 1. The van der Waals surface area contributed by atoms with Gasteiger partial charge in [-0.2, -0.15) is 0 Å². The molecule has 0 aliphatic heterocycles. The predicted molar refractivity (Wildman–Crippen MR) is 58.0 cm³/mol. The van der Waals surface area contributed by atoms with Crippen LogP contribution in [0.2, 0.25) is 0 Å². The number of rotatable bonds is 1. The van der Waals surface area contributed by atoms with Crippen molar-refractivity contribution in [1.82, 2.24) is 9.97 Å². The summed E-state index contributed by atoms with van der Waals surface area (Å²) in [4.78, 5) is 8.55. The first kappa shape index (κ1) is 8.94. The van der Waals surface area contributed by atoms with Crippen LogP contribution in [0.25, 0.3) is 11.0 Å². The third kappa shape index (κ3) is 1.41. The molecule has 2 aromatic rings. The Kier molecular flexibility index (Phi) is 2.08. The van der Waals surface area contributed by atoms with E-state index >= 15 is 0 Å². The minimum Gasteiger partial charge on any atom is -0.382 e. The molecular formula is C11H13N3. The molecule has 2 N–H and O–H groups in total. The lowest BCUT2D eigenvalue weighted by Crippen LogP contribution is -1.97. The molecule has 2 rings (SSSR count). The van der Waals surface area contributed by atoms with E-state index in [4.69, 9.17) is 5.73 Å². The van der Waals surface area contributed by atoms with E-state index in [-0.39, 0.29) is 0 Å². The maximum absolute atomic E-state index is 5.62. The number of nitrogens with two attached hydrogens (primary N) is 1. The summed E-state index contributed by atoms with van der Waals surface area (Å²) in [7, 11) is 0. The maximum atomic E-state index is 5.62. The summed E-state index contributed by atoms with van der Waals surface area (Å²) in [6.07, 6.45) is 1.59. The van der Waals surface area contributed by atoms with Crippen LogP contribution in [0.3, 0.4) is 0 Å². The van der Waals surface area contributed by atoms with Gasteiger partial charge in [0.05, 0.1) is 17.2 Å². The van der Waals surface area contributed by atoms with Crippen molar-refractivity contribution in [1.29, 1.82) is 0 Å². The number of nitrogen functional groups attached to an aromatic ring is 1. The SMILES string of the molecule is CC(C)c1cccc2ncc(N)nc12. The Labute approximate surface area is 83.0 Å². The van der Waals surface area contributed by atoms with Crippen LogP contribution < -0.4 is 5.73 Å². The largest absolute Gasteiger partial charge is 0.382 e. The molecule has 1 aromatic heterocycles. The van der Waals surface area contributed by atoms with Crippen LogP contribution in [-0.2, 0) is 0 Å². The van der Waals surface area contributed by atoms with Crippen LogP contribution in [0.4, 0.5) is 5.82 Å². The zero-order valence-corrected chi connectivity index (χ0v) is 8.36. The van der Waals surface area contributed by atoms with Crippen molar-refractivity contribution in [3.63, 3.8) is 0 Å². The van der Waals surface area contributed by atoms with Gasteiger partial charge < -0.3 is 5.73 Å². The van der Waals surface area contributed by atoms with Gasteiger partial charge in [0, 0.05) is 0 Å². The maximum Gasteiger partial charge on any atom is 0.142 e. The molecule has 72 valence electrons. The quantitative estimate of drug-likeness (QED) is 0.745. The van der Waals surface area contributed by atoms with Crippen LogP contribution in [0.5, 0.6) is 0 Å². The molecule has 0 saturated carbocycles. The fourth-order valence-electron chi connectivity index (χ4n) is 1.53. The predicted octanol–water partition coefficient (Wildman–Crippen LogP) is 2.34. The molecule has 0 spiro atoms. The Morgan fingerprint density at radius 1 is 1.29 bits per heavy atom. The Bertz CT molecular complexity index is 463.